The van der Waals surface area contributed by atoms with Crippen LogP contribution < -0.4 is 19.9 Å². The highest BCUT2D eigenvalue weighted by Gasteiger charge is 2.53. The number of carbonyl (C=O) groups excluding carboxylic acids is 1. The molecule has 7 rings (SSSR count). The summed E-state index contributed by atoms with van der Waals surface area (Å²) in [4.78, 5) is 18.4. The lowest BCUT2D eigenvalue weighted by atomic mass is 9.74. The second kappa shape index (κ2) is 7.01. The Balaban J connectivity index is 1.58. The largest absolute Gasteiger partial charge is 0.456 e. The van der Waals surface area contributed by atoms with Crippen molar-refractivity contribution in [3.05, 3.63) is 82.9 Å². The monoisotopic (exact) mass is 437 g/mol. The summed E-state index contributed by atoms with van der Waals surface area (Å²) >= 11 is 0. The number of para-hydroxylation sites is 1. The number of anilines is 2. The van der Waals surface area contributed by atoms with Gasteiger partial charge in [0, 0.05) is 37.3 Å². The van der Waals surface area contributed by atoms with Gasteiger partial charge in [-0.05, 0) is 55.5 Å². The molecule has 4 heterocycles. The molecule has 1 amide bonds. The smallest absolute Gasteiger partial charge is 0.252 e. The first-order valence-electron chi connectivity index (χ1n) is 12.1. The maximum atomic E-state index is 13.4. The Hall–Kier alpha value is -3.47. The van der Waals surface area contributed by atoms with Crippen molar-refractivity contribution < 1.29 is 9.53 Å². The van der Waals surface area contributed by atoms with Gasteiger partial charge in [-0.3, -0.25) is 4.79 Å². The van der Waals surface area contributed by atoms with Gasteiger partial charge in [-0.25, -0.2) is 0 Å². The van der Waals surface area contributed by atoms with Crippen LogP contribution in [0, 0.1) is 0 Å². The second-order valence-corrected chi connectivity index (χ2v) is 9.54. The number of fused-ring (bicyclic) bond motifs is 6. The van der Waals surface area contributed by atoms with E-state index in [1.165, 1.54) is 37.1 Å². The third-order valence-corrected chi connectivity index (χ3v) is 7.75. The Morgan fingerprint density at radius 2 is 1.39 bits per heavy atom. The van der Waals surface area contributed by atoms with E-state index >= 15 is 0 Å². The molecule has 4 aliphatic rings. The zero-order valence-corrected chi connectivity index (χ0v) is 18.6. The highest BCUT2D eigenvalue weighted by Crippen LogP contribution is 2.58. The highest BCUT2D eigenvalue weighted by atomic mass is 16.5. The molecule has 3 aromatic rings. The Morgan fingerprint density at radius 3 is 2.18 bits per heavy atom. The van der Waals surface area contributed by atoms with Crippen LogP contribution >= 0.6 is 0 Å². The minimum absolute atomic E-state index is 0.0211. The highest BCUT2D eigenvalue weighted by molar-refractivity contribution is 6.03. The number of amides is 1. The molecule has 1 N–H and O–H groups in total. The number of hydrogen-bond acceptors (Lipinski definition) is 4. The first-order valence-corrected chi connectivity index (χ1v) is 12.1. The molecule has 0 bridgehead atoms. The minimum atomic E-state index is -0.758. The minimum Gasteiger partial charge on any atom is -0.456 e. The van der Waals surface area contributed by atoms with Crippen molar-refractivity contribution in [2.45, 2.75) is 31.2 Å². The molecule has 0 aliphatic carbocycles. The van der Waals surface area contributed by atoms with E-state index in [0.29, 0.717) is 0 Å². The molecule has 0 aromatic heterocycles. The number of hydrogen-bond donors (Lipinski definition) is 1. The van der Waals surface area contributed by atoms with E-state index in [4.69, 9.17) is 4.74 Å². The van der Waals surface area contributed by atoms with Gasteiger partial charge in [0.15, 0.2) is 0 Å². The average Bonchev–Trinajstić information content (AvgIpc) is 3.61. The number of ether oxygens (including phenoxy) is 1. The molecule has 166 valence electrons. The summed E-state index contributed by atoms with van der Waals surface area (Å²) < 4.78 is 6.54. The quantitative estimate of drug-likeness (QED) is 0.611. The Morgan fingerprint density at radius 1 is 0.727 bits per heavy atom. The summed E-state index contributed by atoms with van der Waals surface area (Å²) in [5, 5.41) is 3.46. The van der Waals surface area contributed by atoms with Crippen LogP contribution in [0.15, 0.2) is 60.7 Å². The van der Waals surface area contributed by atoms with Gasteiger partial charge in [-0.2, -0.15) is 0 Å². The molecule has 1 spiro atoms. The normalized spacial score (nSPS) is 22.7. The first kappa shape index (κ1) is 19.0. The van der Waals surface area contributed by atoms with Crippen molar-refractivity contribution in [2.24, 2.45) is 0 Å². The summed E-state index contributed by atoms with van der Waals surface area (Å²) in [6, 6.07) is 20.6. The van der Waals surface area contributed by atoms with Crippen molar-refractivity contribution >= 4 is 17.3 Å². The van der Waals surface area contributed by atoms with E-state index < -0.39 is 5.54 Å². The molecule has 0 radical (unpaired) electrons. The van der Waals surface area contributed by atoms with E-state index in [0.717, 1.165) is 59.9 Å². The molecule has 1 atom stereocenters. The fourth-order valence-electron chi connectivity index (χ4n) is 6.32. The Labute approximate surface area is 194 Å². The van der Waals surface area contributed by atoms with Crippen molar-refractivity contribution in [3.63, 3.8) is 0 Å². The first-order chi connectivity index (χ1) is 16.3. The van der Waals surface area contributed by atoms with E-state index in [1.807, 2.05) is 36.4 Å². The van der Waals surface area contributed by atoms with Gasteiger partial charge in [0.25, 0.3) is 5.91 Å². The van der Waals surface area contributed by atoms with Crippen LogP contribution in [0.2, 0.25) is 0 Å². The Bertz CT molecular complexity index is 1270. The average molecular weight is 438 g/mol. The third-order valence-electron chi connectivity index (χ3n) is 7.75. The SMILES string of the molecule is O=C1NC2(c3ccccc3Oc3ccc(N4CCCC4)c(N4CCCC4)c32)c2ccccc21. The van der Waals surface area contributed by atoms with Crippen LogP contribution in [-0.2, 0) is 5.54 Å². The van der Waals surface area contributed by atoms with Crippen LogP contribution in [0.3, 0.4) is 0 Å². The van der Waals surface area contributed by atoms with E-state index in [2.05, 4.69) is 39.4 Å². The molecule has 0 saturated carbocycles. The second-order valence-electron chi connectivity index (χ2n) is 9.54. The van der Waals surface area contributed by atoms with E-state index in [-0.39, 0.29) is 5.91 Å². The molecular formula is C28H27N3O2. The van der Waals surface area contributed by atoms with Crippen molar-refractivity contribution in [1.82, 2.24) is 5.32 Å². The number of rotatable bonds is 2. The van der Waals surface area contributed by atoms with Gasteiger partial charge in [-0.1, -0.05) is 36.4 Å². The number of benzene rings is 3. The molecule has 4 aliphatic heterocycles. The summed E-state index contributed by atoms with van der Waals surface area (Å²) in [6.45, 7) is 4.22. The topological polar surface area (TPSA) is 44.8 Å². The summed E-state index contributed by atoms with van der Waals surface area (Å²) in [5.74, 6) is 1.63. The standard InChI is InChI=1S/C28H27N3O2/c32-27-19-9-1-2-10-20(19)28(29-27)21-11-3-4-12-23(21)33-24-14-13-22(30-15-5-6-16-30)26(25(24)28)31-17-7-8-18-31/h1-4,9-14H,5-8,15-18H2,(H,29,32). The van der Waals surface area contributed by atoms with Gasteiger partial charge in [-0.15, -0.1) is 0 Å². The molecular weight excluding hydrogens is 410 g/mol. The third kappa shape index (κ3) is 2.56. The predicted octanol–water partition coefficient (Wildman–Crippen LogP) is 5.03. The number of carbonyl (C=O) groups is 1. The maximum absolute atomic E-state index is 13.4. The van der Waals surface area contributed by atoms with Crippen LogP contribution in [0.4, 0.5) is 11.4 Å². The van der Waals surface area contributed by atoms with E-state index in [9.17, 15) is 4.79 Å². The number of nitrogens with zero attached hydrogens (tertiary/aromatic N) is 2. The molecule has 1 unspecified atom stereocenters. The lowest BCUT2D eigenvalue weighted by Crippen LogP contribution is -2.45. The molecule has 33 heavy (non-hydrogen) atoms. The lowest BCUT2D eigenvalue weighted by molar-refractivity contribution is 0.0947. The zero-order valence-electron chi connectivity index (χ0n) is 18.6. The van der Waals surface area contributed by atoms with Crippen LogP contribution in [0.25, 0.3) is 0 Å². The summed E-state index contributed by atoms with van der Waals surface area (Å²) in [7, 11) is 0. The van der Waals surface area contributed by atoms with Gasteiger partial charge in [0.05, 0.1) is 16.9 Å². The lowest BCUT2D eigenvalue weighted by Gasteiger charge is -2.42. The zero-order chi connectivity index (χ0) is 22.0. The maximum Gasteiger partial charge on any atom is 0.252 e. The van der Waals surface area contributed by atoms with Crippen LogP contribution in [0.1, 0.15) is 52.7 Å². The molecule has 5 nitrogen and oxygen atoms in total. The van der Waals surface area contributed by atoms with Gasteiger partial charge in [0.2, 0.25) is 0 Å². The predicted molar refractivity (Wildman–Crippen MR) is 130 cm³/mol. The van der Waals surface area contributed by atoms with Gasteiger partial charge < -0.3 is 19.9 Å². The fraction of sp³-hybridized carbons (Fsp3) is 0.321. The molecule has 2 fully saturated rings. The van der Waals surface area contributed by atoms with Crippen LogP contribution in [0.5, 0.6) is 11.5 Å². The van der Waals surface area contributed by atoms with Crippen molar-refractivity contribution in [2.75, 3.05) is 36.0 Å². The van der Waals surface area contributed by atoms with Gasteiger partial charge >= 0.3 is 0 Å². The fourth-order valence-corrected chi connectivity index (χ4v) is 6.32. The van der Waals surface area contributed by atoms with Crippen molar-refractivity contribution in [3.8, 4) is 11.5 Å². The van der Waals surface area contributed by atoms with Crippen LogP contribution in [-0.4, -0.2) is 32.1 Å². The van der Waals surface area contributed by atoms with Gasteiger partial charge in [0.1, 0.15) is 17.0 Å². The van der Waals surface area contributed by atoms with E-state index in [1.54, 1.807) is 0 Å². The molecule has 5 heteroatoms. The van der Waals surface area contributed by atoms with Crippen molar-refractivity contribution in [1.29, 1.82) is 0 Å². The summed E-state index contributed by atoms with van der Waals surface area (Å²) in [6.07, 6.45) is 4.83. The summed E-state index contributed by atoms with van der Waals surface area (Å²) in [5.41, 5.74) is 5.61. The molecule has 2 saturated heterocycles. The number of nitrogens with one attached hydrogen (secondary N) is 1. The Kier molecular flexibility index (Phi) is 4.05. The molecule has 3 aromatic carbocycles.